The van der Waals surface area contributed by atoms with Crippen molar-refractivity contribution in [2.45, 2.75) is 0 Å². The van der Waals surface area contributed by atoms with E-state index in [1.54, 1.807) is 0 Å². The summed E-state index contributed by atoms with van der Waals surface area (Å²) in [5, 5.41) is 10.1. The van der Waals surface area contributed by atoms with Gasteiger partial charge in [0.15, 0.2) is 0 Å². The van der Waals surface area contributed by atoms with Crippen molar-refractivity contribution < 1.29 is 9.59 Å². The van der Waals surface area contributed by atoms with Crippen molar-refractivity contribution in [2.24, 2.45) is 11.5 Å². The molecule has 0 radical (unpaired) electrons. The van der Waals surface area contributed by atoms with Gasteiger partial charge in [-0.25, -0.2) is 4.79 Å². The van der Waals surface area contributed by atoms with Crippen LogP contribution < -0.4 is 16.8 Å². The number of rotatable bonds is 2. The van der Waals surface area contributed by atoms with Crippen molar-refractivity contribution >= 4 is 11.9 Å². The van der Waals surface area contributed by atoms with Crippen LogP contribution in [0.3, 0.4) is 0 Å². The van der Waals surface area contributed by atoms with Crippen molar-refractivity contribution in [3.8, 4) is 6.07 Å². The fourth-order valence-corrected chi connectivity index (χ4v) is 0.302. The minimum Gasteiger partial charge on any atom is -0.365 e. The molecule has 0 heterocycles. The normalized spacial score (nSPS) is 9.91. The van der Waals surface area contributed by atoms with Gasteiger partial charge >= 0.3 is 6.03 Å². The average molecular weight is 154 g/mol. The van der Waals surface area contributed by atoms with E-state index in [1.165, 1.54) is 6.07 Å². The molecule has 0 aliphatic rings. The molecule has 0 atom stereocenters. The first-order valence-electron chi connectivity index (χ1n) is 2.54. The summed E-state index contributed by atoms with van der Waals surface area (Å²) in [4.78, 5) is 20.3. The van der Waals surface area contributed by atoms with Crippen molar-refractivity contribution in [2.75, 3.05) is 0 Å². The third-order valence-electron chi connectivity index (χ3n) is 0.745. The molecule has 0 aromatic rings. The maximum absolute atomic E-state index is 10.3. The lowest BCUT2D eigenvalue weighted by Crippen LogP contribution is -2.26. The number of carbonyl (C=O) groups is 2. The van der Waals surface area contributed by atoms with Crippen LogP contribution in [0.25, 0.3) is 0 Å². The number of nitrogens with two attached hydrogens (primary N) is 2. The van der Waals surface area contributed by atoms with Crippen LogP contribution >= 0.6 is 0 Å². The number of hydrogen-bond acceptors (Lipinski definition) is 3. The summed E-state index contributed by atoms with van der Waals surface area (Å²) in [6.07, 6.45) is 0.852. The third-order valence-corrected chi connectivity index (χ3v) is 0.745. The third kappa shape index (κ3) is 3.53. The van der Waals surface area contributed by atoms with E-state index in [-0.39, 0.29) is 5.57 Å². The monoisotopic (exact) mass is 154 g/mol. The highest BCUT2D eigenvalue weighted by atomic mass is 16.2. The molecule has 0 aliphatic heterocycles. The molecule has 5 N–H and O–H groups in total. The Bertz CT molecular complexity index is 250. The average Bonchev–Trinajstić information content (AvgIpc) is 1.87. The maximum atomic E-state index is 10.3. The summed E-state index contributed by atoms with van der Waals surface area (Å²) in [5.41, 5.74) is 8.99. The van der Waals surface area contributed by atoms with Gasteiger partial charge in [-0.1, -0.05) is 0 Å². The molecule has 0 spiro atoms. The Balaban J connectivity index is 4.28. The first kappa shape index (κ1) is 8.97. The van der Waals surface area contributed by atoms with E-state index in [0.717, 1.165) is 6.20 Å². The standard InChI is InChI=1S/C5H6N4O2/c6-1-3(4(7)10)2-9-5(8)11/h2H,(H2,7,10)(H3,8,9,11). The lowest BCUT2D eigenvalue weighted by atomic mass is 10.3. The second kappa shape index (κ2) is 3.90. The predicted molar refractivity (Wildman–Crippen MR) is 35.6 cm³/mol. The Morgan fingerprint density at radius 2 is 2.00 bits per heavy atom. The Morgan fingerprint density at radius 1 is 1.45 bits per heavy atom. The molecule has 0 saturated carbocycles. The van der Waals surface area contributed by atoms with Crippen LogP contribution in [-0.4, -0.2) is 11.9 Å². The molecule has 6 heteroatoms. The van der Waals surface area contributed by atoms with Gasteiger partial charge in [-0.15, -0.1) is 0 Å². The number of nitriles is 1. The predicted octanol–water partition coefficient (Wildman–Crippen LogP) is -1.45. The van der Waals surface area contributed by atoms with Crippen molar-refractivity contribution in [1.29, 1.82) is 5.26 Å². The van der Waals surface area contributed by atoms with Crippen LogP contribution in [0, 0.1) is 11.3 Å². The Morgan fingerprint density at radius 3 is 2.27 bits per heavy atom. The topological polar surface area (TPSA) is 122 Å². The molecular weight excluding hydrogens is 148 g/mol. The molecule has 0 aromatic heterocycles. The van der Waals surface area contributed by atoms with Crippen molar-refractivity contribution in [1.82, 2.24) is 5.32 Å². The zero-order chi connectivity index (χ0) is 8.85. The number of urea groups is 1. The molecule has 0 aliphatic carbocycles. The fourth-order valence-electron chi connectivity index (χ4n) is 0.302. The summed E-state index contributed by atoms with van der Waals surface area (Å²) < 4.78 is 0. The van der Waals surface area contributed by atoms with E-state index < -0.39 is 11.9 Å². The minimum absolute atomic E-state index is 0.358. The first-order valence-corrected chi connectivity index (χ1v) is 2.54. The Hall–Kier alpha value is -2.03. The van der Waals surface area contributed by atoms with Crippen molar-refractivity contribution in [3.63, 3.8) is 0 Å². The largest absolute Gasteiger partial charge is 0.365 e. The zero-order valence-electron chi connectivity index (χ0n) is 5.50. The molecule has 0 bridgehead atoms. The second-order valence-corrected chi connectivity index (χ2v) is 1.54. The van der Waals surface area contributed by atoms with Gasteiger partial charge in [-0.3, -0.25) is 4.79 Å². The molecule has 58 valence electrons. The molecule has 0 aromatic carbocycles. The van der Waals surface area contributed by atoms with Crippen LogP contribution in [-0.2, 0) is 4.79 Å². The molecule has 3 amide bonds. The maximum Gasteiger partial charge on any atom is 0.316 e. The van der Waals surface area contributed by atoms with Gasteiger partial charge in [0.25, 0.3) is 5.91 Å². The van der Waals surface area contributed by atoms with Crippen LogP contribution in [0.5, 0.6) is 0 Å². The lowest BCUT2D eigenvalue weighted by Gasteiger charge is -1.91. The van der Waals surface area contributed by atoms with E-state index in [9.17, 15) is 9.59 Å². The van der Waals surface area contributed by atoms with E-state index in [0.29, 0.717) is 0 Å². The van der Waals surface area contributed by atoms with Crippen LogP contribution in [0.15, 0.2) is 11.8 Å². The summed E-state index contributed by atoms with van der Waals surface area (Å²) in [7, 11) is 0. The molecule has 0 unspecified atom stereocenters. The van der Waals surface area contributed by atoms with E-state index in [2.05, 4.69) is 5.73 Å². The van der Waals surface area contributed by atoms with Gasteiger partial charge in [0.2, 0.25) is 0 Å². The summed E-state index contributed by atoms with van der Waals surface area (Å²) in [5.74, 6) is -0.916. The summed E-state index contributed by atoms with van der Waals surface area (Å²) in [6.45, 7) is 0. The van der Waals surface area contributed by atoms with Gasteiger partial charge in [0.05, 0.1) is 0 Å². The quantitative estimate of drug-likeness (QED) is 0.333. The molecular formula is C5H6N4O2. The molecule has 6 nitrogen and oxygen atoms in total. The van der Waals surface area contributed by atoms with Gasteiger partial charge in [-0.2, -0.15) is 5.26 Å². The smallest absolute Gasteiger partial charge is 0.316 e. The number of hydrogen-bond donors (Lipinski definition) is 3. The number of carbonyl (C=O) groups excluding carboxylic acids is 2. The van der Waals surface area contributed by atoms with Crippen LogP contribution in [0.1, 0.15) is 0 Å². The Kier molecular flexibility index (Phi) is 3.18. The highest BCUT2D eigenvalue weighted by Crippen LogP contribution is 1.85. The number of nitrogens with one attached hydrogen (secondary N) is 1. The highest BCUT2D eigenvalue weighted by Gasteiger charge is 2.01. The van der Waals surface area contributed by atoms with Crippen LogP contribution in [0.2, 0.25) is 0 Å². The summed E-state index contributed by atoms with van der Waals surface area (Å²) in [6, 6.07) is 0.611. The van der Waals surface area contributed by atoms with Crippen molar-refractivity contribution in [3.05, 3.63) is 11.8 Å². The van der Waals surface area contributed by atoms with Gasteiger partial charge < -0.3 is 16.8 Å². The first-order chi connectivity index (χ1) is 5.07. The highest BCUT2D eigenvalue weighted by molar-refractivity contribution is 5.96. The van der Waals surface area contributed by atoms with Crippen LogP contribution in [0.4, 0.5) is 4.79 Å². The molecule has 0 saturated heterocycles. The van der Waals surface area contributed by atoms with Gasteiger partial charge in [-0.05, 0) is 0 Å². The van der Waals surface area contributed by atoms with Gasteiger partial charge in [0, 0.05) is 6.20 Å². The second-order valence-electron chi connectivity index (χ2n) is 1.54. The molecule has 0 rings (SSSR count). The Labute approximate surface area is 62.5 Å². The number of amides is 3. The van der Waals surface area contributed by atoms with Gasteiger partial charge in [0.1, 0.15) is 11.6 Å². The lowest BCUT2D eigenvalue weighted by molar-refractivity contribution is -0.114. The number of nitrogens with zero attached hydrogens (tertiary/aromatic N) is 1. The van der Waals surface area contributed by atoms with E-state index in [4.69, 9.17) is 11.0 Å². The fraction of sp³-hybridized carbons (Fsp3) is 0. The van der Waals surface area contributed by atoms with E-state index in [1.807, 2.05) is 5.32 Å². The molecule has 11 heavy (non-hydrogen) atoms. The zero-order valence-corrected chi connectivity index (χ0v) is 5.50. The number of primary amides is 2. The van der Waals surface area contributed by atoms with E-state index >= 15 is 0 Å². The minimum atomic E-state index is -0.916. The SMILES string of the molecule is N#CC(=CNC(N)=O)C(N)=O. The summed E-state index contributed by atoms with van der Waals surface area (Å²) >= 11 is 0. The molecule has 0 fully saturated rings.